The van der Waals surface area contributed by atoms with E-state index in [4.69, 9.17) is 16.3 Å². The summed E-state index contributed by atoms with van der Waals surface area (Å²) in [5.74, 6) is -0.624. The maximum Gasteiger partial charge on any atom is 0.417 e. The van der Waals surface area contributed by atoms with Gasteiger partial charge in [-0.2, -0.15) is 13.2 Å². The Balaban J connectivity index is 2.11. The lowest BCUT2D eigenvalue weighted by Crippen LogP contribution is -2.07. The first-order valence-electron chi connectivity index (χ1n) is 6.34. The molecule has 0 unspecified atom stereocenters. The lowest BCUT2D eigenvalue weighted by Gasteiger charge is -2.10. The molecule has 2 rings (SSSR count). The molecule has 2 aromatic rings. The third-order valence-electron chi connectivity index (χ3n) is 2.86. The molecule has 0 aliphatic heterocycles. The van der Waals surface area contributed by atoms with Crippen LogP contribution in [0.25, 0.3) is 0 Å². The summed E-state index contributed by atoms with van der Waals surface area (Å²) in [7, 11) is 1.26. The lowest BCUT2D eigenvalue weighted by molar-refractivity contribution is -0.137. The minimum Gasteiger partial charge on any atom is -0.472 e. The molecule has 8 heteroatoms. The molecular formula is C15H11ClF3NO3. The van der Waals surface area contributed by atoms with Crippen LogP contribution in [-0.2, 0) is 17.5 Å². The Hall–Kier alpha value is -2.28. The first kappa shape index (κ1) is 17.1. The lowest BCUT2D eigenvalue weighted by atomic mass is 10.1. The van der Waals surface area contributed by atoms with E-state index in [1.54, 1.807) is 24.3 Å². The molecule has 0 atom stereocenters. The first-order chi connectivity index (χ1) is 10.8. The number of rotatable bonds is 4. The van der Waals surface area contributed by atoms with E-state index in [2.05, 4.69) is 9.72 Å². The van der Waals surface area contributed by atoms with Gasteiger partial charge < -0.3 is 9.47 Å². The topological polar surface area (TPSA) is 48.4 Å². The third-order valence-corrected chi connectivity index (χ3v) is 3.13. The van der Waals surface area contributed by atoms with Gasteiger partial charge in [0.2, 0.25) is 5.88 Å². The second-order valence-corrected chi connectivity index (χ2v) is 4.90. The molecule has 0 N–H and O–H groups in total. The number of benzene rings is 1. The summed E-state index contributed by atoms with van der Waals surface area (Å²) < 4.78 is 47.5. The van der Waals surface area contributed by atoms with Crippen LogP contribution >= 0.6 is 11.6 Å². The van der Waals surface area contributed by atoms with Crippen molar-refractivity contribution < 1.29 is 27.4 Å². The zero-order valence-electron chi connectivity index (χ0n) is 11.9. The summed E-state index contributed by atoms with van der Waals surface area (Å²) in [5.41, 5.74) is -0.00622. The molecule has 1 heterocycles. The maximum absolute atomic E-state index is 12.5. The van der Waals surface area contributed by atoms with Gasteiger partial charge in [-0.25, -0.2) is 9.78 Å². The van der Waals surface area contributed by atoms with Gasteiger partial charge >= 0.3 is 12.1 Å². The highest BCUT2D eigenvalue weighted by Gasteiger charge is 2.31. The third kappa shape index (κ3) is 4.35. The Morgan fingerprint density at radius 2 is 2.04 bits per heavy atom. The van der Waals surface area contributed by atoms with Crippen LogP contribution in [0, 0.1) is 0 Å². The summed E-state index contributed by atoms with van der Waals surface area (Å²) in [6.07, 6.45) is -3.88. The van der Waals surface area contributed by atoms with Crippen molar-refractivity contribution in [3.8, 4) is 5.88 Å². The molecule has 0 fully saturated rings. The Morgan fingerprint density at radius 1 is 1.30 bits per heavy atom. The predicted octanol–water partition coefficient (Wildman–Crippen LogP) is 4.12. The van der Waals surface area contributed by atoms with Gasteiger partial charge in [0.1, 0.15) is 11.6 Å². The average Bonchev–Trinajstić information content (AvgIpc) is 2.52. The number of carbonyl (C=O) groups excluding carboxylic acids is 1. The molecule has 0 aliphatic rings. The normalized spacial score (nSPS) is 11.2. The molecule has 0 radical (unpaired) electrons. The van der Waals surface area contributed by atoms with Crippen molar-refractivity contribution in [2.45, 2.75) is 12.8 Å². The summed E-state index contributed by atoms with van der Waals surface area (Å²) in [6, 6.07) is 7.18. The van der Waals surface area contributed by atoms with Gasteiger partial charge in [0.25, 0.3) is 0 Å². The second-order valence-electron chi connectivity index (χ2n) is 4.49. The highest BCUT2D eigenvalue weighted by atomic mass is 35.5. The van der Waals surface area contributed by atoms with Gasteiger partial charge in [-0.1, -0.05) is 23.7 Å². The molecule has 23 heavy (non-hydrogen) atoms. The fourth-order valence-electron chi connectivity index (χ4n) is 1.74. The van der Waals surface area contributed by atoms with Gasteiger partial charge in [-0.15, -0.1) is 0 Å². The summed E-state index contributed by atoms with van der Waals surface area (Å²) in [5, 5.41) is -0.246. The van der Waals surface area contributed by atoms with Gasteiger partial charge in [-0.05, 0) is 23.8 Å². The molecule has 1 aromatic heterocycles. The SMILES string of the molecule is COC(=O)c1cccc(COc2ncc(C(F)(F)F)cc2Cl)c1. The van der Waals surface area contributed by atoms with Crippen LogP contribution in [-0.4, -0.2) is 18.1 Å². The van der Waals surface area contributed by atoms with Crippen molar-refractivity contribution in [3.63, 3.8) is 0 Å². The van der Waals surface area contributed by atoms with E-state index in [0.717, 1.165) is 6.07 Å². The minimum atomic E-state index is -4.52. The number of pyridine rings is 1. The molecule has 0 aliphatic carbocycles. The zero-order valence-corrected chi connectivity index (χ0v) is 12.6. The van der Waals surface area contributed by atoms with Crippen molar-refractivity contribution in [1.29, 1.82) is 0 Å². The fourth-order valence-corrected chi connectivity index (χ4v) is 1.97. The van der Waals surface area contributed by atoms with Crippen LogP contribution in [0.1, 0.15) is 21.5 Å². The second kappa shape index (κ2) is 6.87. The minimum absolute atomic E-state index is 0.0110. The zero-order chi connectivity index (χ0) is 17.0. The summed E-state index contributed by atoms with van der Waals surface area (Å²) in [4.78, 5) is 15.0. The van der Waals surface area contributed by atoms with E-state index < -0.39 is 17.7 Å². The van der Waals surface area contributed by atoms with Crippen molar-refractivity contribution in [2.75, 3.05) is 7.11 Å². The van der Waals surface area contributed by atoms with E-state index in [9.17, 15) is 18.0 Å². The standard InChI is InChI=1S/C15H11ClF3NO3/c1-22-14(21)10-4-2-3-9(5-10)8-23-13-12(16)6-11(7-20-13)15(17,18)19/h2-7H,8H2,1H3. The van der Waals surface area contributed by atoms with E-state index in [-0.39, 0.29) is 17.5 Å². The number of halogens is 4. The predicted molar refractivity (Wildman–Crippen MR) is 76.4 cm³/mol. The van der Waals surface area contributed by atoms with Crippen molar-refractivity contribution >= 4 is 17.6 Å². The molecule has 4 nitrogen and oxygen atoms in total. The number of methoxy groups -OCH3 is 1. The number of hydrogen-bond acceptors (Lipinski definition) is 4. The Morgan fingerprint density at radius 3 is 2.65 bits per heavy atom. The van der Waals surface area contributed by atoms with Gasteiger partial charge in [0.05, 0.1) is 18.2 Å². The number of hydrogen-bond donors (Lipinski definition) is 0. The van der Waals surface area contributed by atoms with Crippen LogP contribution in [0.5, 0.6) is 5.88 Å². The van der Waals surface area contributed by atoms with Crippen LogP contribution in [0.3, 0.4) is 0 Å². The molecule has 0 amide bonds. The fraction of sp³-hybridized carbons (Fsp3) is 0.200. The Labute approximate surface area is 134 Å². The summed E-state index contributed by atoms with van der Waals surface area (Å²) >= 11 is 5.74. The Bertz CT molecular complexity index is 719. The van der Waals surface area contributed by atoms with Gasteiger partial charge in [-0.3, -0.25) is 0 Å². The largest absolute Gasteiger partial charge is 0.472 e. The molecule has 1 aromatic carbocycles. The number of alkyl halides is 3. The summed E-state index contributed by atoms with van der Waals surface area (Å²) in [6.45, 7) is -0.0110. The van der Waals surface area contributed by atoms with Crippen LogP contribution in [0.15, 0.2) is 36.5 Å². The highest BCUT2D eigenvalue weighted by molar-refractivity contribution is 6.31. The average molecular weight is 346 g/mol. The Kier molecular flexibility index (Phi) is 5.10. The smallest absolute Gasteiger partial charge is 0.417 e. The van der Waals surface area contributed by atoms with Crippen molar-refractivity contribution in [2.24, 2.45) is 0 Å². The van der Waals surface area contributed by atoms with Crippen molar-refractivity contribution in [1.82, 2.24) is 4.98 Å². The van der Waals surface area contributed by atoms with E-state index >= 15 is 0 Å². The van der Waals surface area contributed by atoms with E-state index in [1.165, 1.54) is 7.11 Å². The van der Waals surface area contributed by atoms with Crippen LogP contribution in [0.2, 0.25) is 5.02 Å². The molecule has 0 saturated heterocycles. The molecule has 0 spiro atoms. The quantitative estimate of drug-likeness (QED) is 0.782. The molecular weight excluding hydrogens is 335 g/mol. The van der Waals surface area contributed by atoms with Crippen molar-refractivity contribution in [3.05, 3.63) is 58.2 Å². The van der Waals surface area contributed by atoms with E-state index in [0.29, 0.717) is 17.3 Å². The van der Waals surface area contributed by atoms with Crippen LogP contribution < -0.4 is 4.74 Å². The number of carbonyl (C=O) groups is 1. The van der Waals surface area contributed by atoms with Crippen LogP contribution in [0.4, 0.5) is 13.2 Å². The monoisotopic (exact) mass is 345 g/mol. The van der Waals surface area contributed by atoms with E-state index in [1.807, 2.05) is 0 Å². The molecule has 122 valence electrons. The number of esters is 1. The molecule has 0 saturated carbocycles. The van der Waals surface area contributed by atoms with Gasteiger partial charge in [0.15, 0.2) is 0 Å². The number of aromatic nitrogens is 1. The highest BCUT2D eigenvalue weighted by Crippen LogP contribution is 2.33. The number of nitrogens with zero attached hydrogens (tertiary/aromatic N) is 1. The molecule has 0 bridgehead atoms. The first-order valence-corrected chi connectivity index (χ1v) is 6.72. The number of ether oxygens (including phenoxy) is 2. The van der Waals surface area contributed by atoms with Gasteiger partial charge in [0, 0.05) is 6.20 Å². The maximum atomic E-state index is 12.5.